The van der Waals surface area contributed by atoms with E-state index in [1.807, 2.05) is 29.3 Å². The molecule has 1 aliphatic heterocycles. The zero-order chi connectivity index (χ0) is 17.3. The summed E-state index contributed by atoms with van der Waals surface area (Å²) in [4.78, 5) is 18.9. The van der Waals surface area contributed by atoms with Crippen LogP contribution in [-0.2, 0) is 4.79 Å². The van der Waals surface area contributed by atoms with E-state index >= 15 is 0 Å². The molecule has 1 spiro atoms. The number of anilines is 1. The molecule has 25 heavy (non-hydrogen) atoms. The van der Waals surface area contributed by atoms with Crippen LogP contribution in [0.3, 0.4) is 0 Å². The van der Waals surface area contributed by atoms with Crippen LogP contribution in [-0.4, -0.2) is 28.9 Å². The average Bonchev–Trinajstić information content (AvgIpc) is 2.59. The summed E-state index contributed by atoms with van der Waals surface area (Å²) in [6, 6.07) is 13.4. The van der Waals surface area contributed by atoms with Crippen LogP contribution in [0.5, 0.6) is 0 Å². The lowest BCUT2D eigenvalue weighted by Gasteiger charge is -2.62. The third-order valence-corrected chi connectivity index (χ3v) is 5.50. The van der Waals surface area contributed by atoms with Crippen LogP contribution in [0.15, 0.2) is 48.8 Å². The number of nitriles is 1. The molecule has 0 radical (unpaired) electrons. The van der Waals surface area contributed by atoms with E-state index in [0.717, 1.165) is 17.8 Å². The van der Waals surface area contributed by atoms with Crippen molar-refractivity contribution in [2.75, 3.05) is 18.4 Å². The standard InChI is InChI=1S/C20H20N4O/c21-11-15-4-6-17(7-5-15)23-13-18(25)24-14-20(8-2-9-20)19(24)16-3-1-10-22-12-16/h1,3-7,10,12,19,23H,2,8-9,13-14H2. The molecule has 1 saturated carbocycles. The first-order valence-corrected chi connectivity index (χ1v) is 8.65. The van der Waals surface area contributed by atoms with E-state index in [9.17, 15) is 4.79 Å². The summed E-state index contributed by atoms with van der Waals surface area (Å²) in [5.41, 5.74) is 2.88. The number of nitrogens with one attached hydrogen (secondary N) is 1. The molecule has 126 valence electrons. The first-order valence-electron chi connectivity index (χ1n) is 8.65. The fourth-order valence-corrected chi connectivity index (χ4v) is 4.04. The summed E-state index contributed by atoms with van der Waals surface area (Å²) >= 11 is 0. The van der Waals surface area contributed by atoms with E-state index in [-0.39, 0.29) is 23.9 Å². The number of hydrogen-bond donors (Lipinski definition) is 1. The van der Waals surface area contributed by atoms with E-state index in [0.29, 0.717) is 5.56 Å². The molecular weight excluding hydrogens is 312 g/mol. The van der Waals surface area contributed by atoms with Gasteiger partial charge in [-0.2, -0.15) is 5.26 Å². The van der Waals surface area contributed by atoms with Crippen molar-refractivity contribution in [1.82, 2.24) is 9.88 Å². The predicted octanol–water partition coefficient (Wildman–Crippen LogP) is 3.12. The zero-order valence-electron chi connectivity index (χ0n) is 14.0. The minimum Gasteiger partial charge on any atom is -0.376 e. The number of carbonyl (C=O) groups excluding carboxylic acids is 1. The lowest BCUT2D eigenvalue weighted by Crippen LogP contribution is -2.64. The fourth-order valence-electron chi connectivity index (χ4n) is 4.04. The maximum Gasteiger partial charge on any atom is 0.242 e. The number of likely N-dealkylation sites (tertiary alicyclic amines) is 1. The quantitative estimate of drug-likeness (QED) is 0.934. The molecule has 1 atom stereocenters. The second-order valence-electron chi connectivity index (χ2n) is 6.97. The molecule has 1 aliphatic carbocycles. The lowest BCUT2D eigenvalue weighted by atomic mass is 9.56. The van der Waals surface area contributed by atoms with Crippen molar-refractivity contribution in [3.05, 3.63) is 59.9 Å². The Labute approximate surface area is 147 Å². The van der Waals surface area contributed by atoms with Crippen LogP contribution < -0.4 is 5.32 Å². The van der Waals surface area contributed by atoms with Crippen molar-refractivity contribution in [2.24, 2.45) is 5.41 Å². The highest BCUT2D eigenvalue weighted by Gasteiger charge is 2.57. The Kier molecular flexibility index (Phi) is 3.89. The predicted molar refractivity (Wildman–Crippen MR) is 94.6 cm³/mol. The highest BCUT2D eigenvalue weighted by Crippen LogP contribution is 2.60. The number of aromatic nitrogens is 1. The Hall–Kier alpha value is -2.87. The molecule has 5 nitrogen and oxygen atoms in total. The van der Waals surface area contributed by atoms with E-state index in [1.165, 1.54) is 19.3 Å². The van der Waals surface area contributed by atoms with Crippen molar-refractivity contribution in [3.8, 4) is 6.07 Å². The molecule has 2 heterocycles. The van der Waals surface area contributed by atoms with E-state index < -0.39 is 0 Å². The van der Waals surface area contributed by atoms with Gasteiger partial charge in [-0.25, -0.2) is 0 Å². The van der Waals surface area contributed by atoms with Gasteiger partial charge < -0.3 is 10.2 Å². The summed E-state index contributed by atoms with van der Waals surface area (Å²) in [6.45, 7) is 1.11. The third kappa shape index (κ3) is 2.74. The van der Waals surface area contributed by atoms with Crippen molar-refractivity contribution >= 4 is 11.6 Å². The zero-order valence-corrected chi connectivity index (χ0v) is 14.0. The van der Waals surface area contributed by atoms with Gasteiger partial charge >= 0.3 is 0 Å². The summed E-state index contributed by atoms with van der Waals surface area (Å²) in [6.07, 6.45) is 7.30. The molecule has 2 aromatic rings. The largest absolute Gasteiger partial charge is 0.376 e. The van der Waals surface area contributed by atoms with Gasteiger partial charge in [0.05, 0.1) is 24.2 Å². The van der Waals surface area contributed by atoms with Gasteiger partial charge in [0, 0.05) is 30.0 Å². The van der Waals surface area contributed by atoms with Gasteiger partial charge in [-0.05, 0) is 48.7 Å². The van der Waals surface area contributed by atoms with E-state index in [4.69, 9.17) is 5.26 Å². The summed E-state index contributed by atoms with van der Waals surface area (Å²) in [5.74, 6) is 0.107. The molecule has 2 fully saturated rings. The van der Waals surface area contributed by atoms with Crippen LogP contribution in [0.25, 0.3) is 0 Å². The van der Waals surface area contributed by atoms with Crippen molar-refractivity contribution in [3.63, 3.8) is 0 Å². The van der Waals surface area contributed by atoms with Gasteiger partial charge in [0.15, 0.2) is 0 Å². The molecular formula is C20H20N4O. The Balaban J connectivity index is 1.43. The molecule has 1 saturated heterocycles. The van der Waals surface area contributed by atoms with Crippen molar-refractivity contribution in [2.45, 2.75) is 25.3 Å². The maximum absolute atomic E-state index is 12.7. The average molecular weight is 332 g/mol. The number of carbonyl (C=O) groups is 1. The smallest absolute Gasteiger partial charge is 0.242 e. The second-order valence-corrected chi connectivity index (χ2v) is 6.97. The molecule has 1 N–H and O–H groups in total. The second kappa shape index (κ2) is 6.21. The van der Waals surface area contributed by atoms with Crippen molar-refractivity contribution in [1.29, 1.82) is 5.26 Å². The first kappa shape index (κ1) is 15.6. The van der Waals surface area contributed by atoms with Gasteiger partial charge in [0.2, 0.25) is 5.91 Å². The Bertz CT molecular complexity index is 806. The summed E-state index contributed by atoms with van der Waals surface area (Å²) < 4.78 is 0. The van der Waals surface area contributed by atoms with Gasteiger partial charge in [-0.3, -0.25) is 9.78 Å². The fraction of sp³-hybridized carbons (Fsp3) is 0.350. The number of benzene rings is 1. The summed E-state index contributed by atoms with van der Waals surface area (Å²) in [7, 11) is 0. The minimum atomic E-state index is 0.107. The van der Waals surface area contributed by atoms with Gasteiger partial charge in [-0.1, -0.05) is 12.5 Å². The minimum absolute atomic E-state index is 0.107. The molecule has 1 aromatic carbocycles. The molecule has 5 heteroatoms. The Morgan fingerprint density at radius 2 is 2.12 bits per heavy atom. The van der Waals surface area contributed by atoms with Crippen LogP contribution in [0, 0.1) is 16.7 Å². The molecule has 1 unspecified atom stereocenters. The maximum atomic E-state index is 12.7. The molecule has 1 amide bonds. The number of rotatable bonds is 4. The lowest BCUT2D eigenvalue weighted by molar-refractivity contribution is -0.167. The molecule has 1 aromatic heterocycles. The van der Waals surface area contributed by atoms with Crippen LogP contribution in [0.1, 0.15) is 36.4 Å². The highest BCUT2D eigenvalue weighted by molar-refractivity contribution is 5.82. The van der Waals surface area contributed by atoms with E-state index in [2.05, 4.69) is 22.4 Å². The highest BCUT2D eigenvalue weighted by atomic mass is 16.2. The first-order chi connectivity index (χ1) is 12.2. The molecule has 4 rings (SSSR count). The van der Waals surface area contributed by atoms with Gasteiger partial charge in [-0.15, -0.1) is 0 Å². The SMILES string of the molecule is N#Cc1ccc(NCC(=O)N2CC3(CCC3)C2c2cccnc2)cc1. The molecule has 2 aliphatic rings. The Morgan fingerprint density at radius 1 is 1.32 bits per heavy atom. The monoisotopic (exact) mass is 332 g/mol. The summed E-state index contributed by atoms with van der Waals surface area (Å²) in [5, 5.41) is 12.0. The number of pyridine rings is 1. The van der Waals surface area contributed by atoms with E-state index in [1.54, 1.807) is 18.3 Å². The normalized spacial score (nSPS) is 20.3. The number of amides is 1. The number of nitrogens with zero attached hydrogens (tertiary/aromatic N) is 3. The van der Waals surface area contributed by atoms with Crippen LogP contribution >= 0.6 is 0 Å². The molecule has 0 bridgehead atoms. The van der Waals surface area contributed by atoms with Gasteiger partial charge in [0.1, 0.15) is 0 Å². The van der Waals surface area contributed by atoms with Crippen LogP contribution in [0.4, 0.5) is 5.69 Å². The number of hydrogen-bond acceptors (Lipinski definition) is 4. The van der Waals surface area contributed by atoms with Crippen molar-refractivity contribution < 1.29 is 4.79 Å². The van der Waals surface area contributed by atoms with Gasteiger partial charge in [0.25, 0.3) is 0 Å². The van der Waals surface area contributed by atoms with Crippen LogP contribution in [0.2, 0.25) is 0 Å². The topological polar surface area (TPSA) is 69.0 Å². The third-order valence-electron chi connectivity index (χ3n) is 5.50. The Morgan fingerprint density at radius 3 is 2.72 bits per heavy atom.